The molecule has 4 rings (SSSR count). The molecule has 0 bridgehead atoms. The molecule has 0 aliphatic carbocycles. The molecule has 1 aliphatic heterocycles. The van der Waals surface area contributed by atoms with Crippen molar-refractivity contribution < 1.29 is 27.2 Å². The highest BCUT2D eigenvalue weighted by Crippen LogP contribution is 2.33. The summed E-state index contributed by atoms with van der Waals surface area (Å²) in [5.41, 5.74) is -0.546. The van der Waals surface area contributed by atoms with Crippen molar-refractivity contribution in [2.45, 2.75) is 17.4 Å². The Morgan fingerprint density at radius 3 is 2.42 bits per heavy atom. The number of hydrogen-bond donors (Lipinski definition) is 2. The van der Waals surface area contributed by atoms with Crippen LogP contribution in [-0.4, -0.2) is 56.1 Å². The zero-order valence-corrected chi connectivity index (χ0v) is 19.0. The Morgan fingerprint density at radius 2 is 1.79 bits per heavy atom. The summed E-state index contributed by atoms with van der Waals surface area (Å²) in [4.78, 5) is 38.9. The van der Waals surface area contributed by atoms with E-state index in [1.54, 1.807) is 18.2 Å². The molecule has 0 saturated carbocycles. The molecule has 4 amide bonds. The molecule has 172 valence electrons. The number of furan rings is 1. The van der Waals surface area contributed by atoms with Crippen LogP contribution in [0.1, 0.15) is 12.7 Å². The first-order chi connectivity index (χ1) is 15.5. The van der Waals surface area contributed by atoms with Gasteiger partial charge in [0.05, 0.1) is 4.90 Å². The van der Waals surface area contributed by atoms with Gasteiger partial charge in [0.15, 0.2) is 5.54 Å². The molecule has 1 saturated heterocycles. The Kier molecular flexibility index (Phi) is 5.46. The number of nitrogens with zero attached hydrogens (tertiary/aromatic N) is 2. The van der Waals surface area contributed by atoms with E-state index in [2.05, 4.69) is 10.6 Å². The number of carbonyl (C=O) groups excluding carboxylic acids is 3. The molecule has 3 aromatic rings. The second kappa shape index (κ2) is 8.01. The molecular weight excluding hydrogens is 448 g/mol. The fourth-order valence-electron chi connectivity index (χ4n) is 3.50. The maximum absolute atomic E-state index is 13.1. The van der Waals surface area contributed by atoms with Gasteiger partial charge in [-0.05, 0) is 43.3 Å². The molecule has 2 heterocycles. The number of sulfonamides is 1. The van der Waals surface area contributed by atoms with Crippen LogP contribution in [0.4, 0.5) is 10.5 Å². The van der Waals surface area contributed by atoms with Gasteiger partial charge < -0.3 is 15.1 Å². The maximum atomic E-state index is 13.1. The van der Waals surface area contributed by atoms with E-state index < -0.39 is 40.0 Å². The van der Waals surface area contributed by atoms with Crippen molar-refractivity contribution in [1.29, 1.82) is 0 Å². The molecule has 11 heteroatoms. The zero-order chi connectivity index (χ0) is 24.0. The molecule has 0 spiro atoms. The first-order valence-corrected chi connectivity index (χ1v) is 11.4. The van der Waals surface area contributed by atoms with Gasteiger partial charge >= 0.3 is 6.03 Å². The topological polar surface area (TPSA) is 129 Å². The molecular formula is C22H22N4O6S. The summed E-state index contributed by atoms with van der Waals surface area (Å²) in [6, 6.07) is 13.7. The highest BCUT2D eigenvalue weighted by molar-refractivity contribution is 7.89. The lowest BCUT2D eigenvalue weighted by Gasteiger charge is -2.19. The highest BCUT2D eigenvalue weighted by Gasteiger charge is 2.51. The van der Waals surface area contributed by atoms with Crippen LogP contribution in [0.25, 0.3) is 11.0 Å². The summed E-state index contributed by atoms with van der Waals surface area (Å²) in [5, 5.41) is 5.95. The van der Waals surface area contributed by atoms with Gasteiger partial charge in [-0.15, -0.1) is 0 Å². The summed E-state index contributed by atoms with van der Waals surface area (Å²) < 4.78 is 31.1. The van der Waals surface area contributed by atoms with Crippen LogP contribution < -0.4 is 10.6 Å². The quantitative estimate of drug-likeness (QED) is 0.531. The zero-order valence-electron chi connectivity index (χ0n) is 18.2. The Labute approximate surface area is 190 Å². The van der Waals surface area contributed by atoms with E-state index in [0.717, 1.165) is 14.6 Å². The van der Waals surface area contributed by atoms with Crippen molar-refractivity contribution in [3.63, 3.8) is 0 Å². The minimum absolute atomic E-state index is 0.0706. The molecule has 10 nitrogen and oxygen atoms in total. The SMILES string of the molecule is CN(C)S(=O)(=O)c1ccc(NC(=O)CN2C(=O)NC(C)(c3cc4ccccc4o3)C2=O)cc1. The van der Waals surface area contributed by atoms with Crippen LogP contribution in [-0.2, 0) is 25.2 Å². The summed E-state index contributed by atoms with van der Waals surface area (Å²) in [6.45, 7) is 1.00. The van der Waals surface area contributed by atoms with Crippen LogP contribution in [0.15, 0.2) is 63.9 Å². The Balaban J connectivity index is 1.47. The molecule has 1 atom stereocenters. The van der Waals surface area contributed by atoms with Crippen molar-refractivity contribution in [3.8, 4) is 0 Å². The van der Waals surface area contributed by atoms with Crippen molar-refractivity contribution >= 4 is 44.5 Å². The maximum Gasteiger partial charge on any atom is 0.325 e. The highest BCUT2D eigenvalue weighted by atomic mass is 32.2. The molecule has 0 radical (unpaired) electrons. The number of imide groups is 1. The second-order valence-corrected chi connectivity index (χ2v) is 10.1. The number of hydrogen-bond acceptors (Lipinski definition) is 6. The molecule has 1 aromatic heterocycles. The molecule has 1 unspecified atom stereocenters. The second-order valence-electron chi connectivity index (χ2n) is 7.95. The van der Waals surface area contributed by atoms with E-state index in [1.165, 1.54) is 45.3 Å². The Hall–Kier alpha value is -3.70. The number of urea groups is 1. The first kappa shape index (κ1) is 22.5. The van der Waals surface area contributed by atoms with Gasteiger partial charge in [-0.2, -0.15) is 0 Å². The monoisotopic (exact) mass is 470 g/mol. The number of para-hydroxylation sites is 1. The standard InChI is InChI=1S/C22H22N4O6S/c1-22(18-12-14-6-4-5-7-17(14)32-18)20(28)26(21(29)24-22)13-19(27)23-15-8-10-16(11-9-15)33(30,31)25(2)3/h4-12H,13H2,1-3H3,(H,23,27)(H,24,29). The summed E-state index contributed by atoms with van der Waals surface area (Å²) in [5.74, 6) is -0.965. The third-order valence-electron chi connectivity index (χ3n) is 5.41. The van der Waals surface area contributed by atoms with Crippen LogP contribution in [0.5, 0.6) is 0 Å². The van der Waals surface area contributed by atoms with E-state index >= 15 is 0 Å². The Bertz CT molecular complexity index is 1330. The van der Waals surface area contributed by atoms with E-state index in [4.69, 9.17) is 4.42 Å². The van der Waals surface area contributed by atoms with E-state index in [9.17, 15) is 22.8 Å². The average molecular weight is 471 g/mol. The predicted octanol–water partition coefficient (Wildman–Crippen LogP) is 2.09. The summed E-state index contributed by atoms with van der Waals surface area (Å²) >= 11 is 0. The number of anilines is 1. The van der Waals surface area contributed by atoms with Crippen molar-refractivity contribution in [1.82, 2.24) is 14.5 Å². The van der Waals surface area contributed by atoms with E-state index in [-0.39, 0.29) is 10.7 Å². The number of nitrogens with one attached hydrogen (secondary N) is 2. The van der Waals surface area contributed by atoms with Crippen molar-refractivity contribution in [3.05, 3.63) is 60.4 Å². The largest absolute Gasteiger partial charge is 0.458 e. The van der Waals surface area contributed by atoms with Gasteiger partial charge in [-0.25, -0.2) is 17.5 Å². The summed E-state index contributed by atoms with van der Waals surface area (Å²) in [7, 11) is -0.761. The normalized spacial score (nSPS) is 18.7. The van der Waals surface area contributed by atoms with Crippen molar-refractivity contribution in [2.75, 3.05) is 26.0 Å². The van der Waals surface area contributed by atoms with Crippen LogP contribution in [0, 0.1) is 0 Å². The number of carbonyl (C=O) groups is 3. The lowest BCUT2D eigenvalue weighted by Crippen LogP contribution is -2.41. The lowest BCUT2D eigenvalue weighted by atomic mass is 9.99. The molecule has 2 N–H and O–H groups in total. The third kappa shape index (κ3) is 3.96. The van der Waals surface area contributed by atoms with Gasteiger partial charge in [0.2, 0.25) is 15.9 Å². The van der Waals surface area contributed by atoms with Gasteiger partial charge in [-0.1, -0.05) is 18.2 Å². The lowest BCUT2D eigenvalue weighted by molar-refractivity contribution is -0.134. The number of benzene rings is 2. The Morgan fingerprint density at radius 1 is 1.12 bits per heavy atom. The van der Waals surface area contributed by atoms with Gasteiger partial charge in [0.1, 0.15) is 17.9 Å². The van der Waals surface area contributed by atoms with Crippen LogP contribution >= 0.6 is 0 Å². The van der Waals surface area contributed by atoms with Gasteiger partial charge in [0.25, 0.3) is 5.91 Å². The molecule has 2 aromatic carbocycles. The van der Waals surface area contributed by atoms with E-state index in [0.29, 0.717) is 11.3 Å². The molecule has 33 heavy (non-hydrogen) atoms. The van der Waals surface area contributed by atoms with Gasteiger partial charge in [0, 0.05) is 25.2 Å². The fraction of sp³-hybridized carbons (Fsp3) is 0.227. The minimum atomic E-state index is -3.60. The van der Waals surface area contributed by atoms with Gasteiger partial charge in [-0.3, -0.25) is 14.5 Å². The molecule has 1 fully saturated rings. The van der Waals surface area contributed by atoms with Crippen LogP contribution in [0.3, 0.4) is 0 Å². The average Bonchev–Trinajstić information content (AvgIpc) is 3.30. The fourth-order valence-corrected chi connectivity index (χ4v) is 4.40. The summed E-state index contributed by atoms with van der Waals surface area (Å²) in [6.07, 6.45) is 0. The van der Waals surface area contributed by atoms with Crippen LogP contribution in [0.2, 0.25) is 0 Å². The smallest absolute Gasteiger partial charge is 0.325 e. The number of amides is 4. The van der Waals surface area contributed by atoms with Crippen molar-refractivity contribution in [2.24, 2.45) is 0 Å². The molecule has 1 aliphatic rings. The predicted molar refractivity (Wildman–Crippen MR) is 120 cm³/mol. The first-order valence-electron chi connectivity index (χ1n) is 9.98. The number of rotatable bonds is 6. The minimum Gasteiger partial charge on any atom is -0.458 e. The third-order valence-corrected chi connectivity index (χ3v) is 7.24. The van der Waals surface area contributed by atoms with E-state index in [1.807, 2.05) is 12.1 Å². The number of fused-ring (bicyclic) bond motifs is 1.